The van der Waals surface area contributed by atoms with E-state index in [0.717, 1.165) is 10.8 Å². The van der Waals surface area contributed by atoms with Gasteiger partial charge in [-0.3, -0.25) is 20.1 Å². The molecule has 154 valence electrons. The van der Waals surface area contributed by atoms with Gasteiger partial charge in [0.15, 0.2) is 0 Å². The highest BCUT2D eigenvalue weighted by molar-refractivity contribution is 6.02. The Hall–Kier alpha value is -3.98. The molecule has 30 heavy (non-hydrogen) atoms. The molecule has 0 saturated heterocycles. The zero-order valence-corrected chi connectivity index (χ0v) is 16.1. The monoisotopic (exact) mass is 408 g/mol. The van der Waals surface area contributed by atoms with E-state index in [1.165, 1.54) is 36.1 Å². The summed E-state index contributed by atoms with van der Waals surface area (Å²) >= 11 is 0. The molecule has 9 heteroatoms. The van der Waals surface area contributed by atoms with Crippen molar-refractivity contribution in [2.75, 3.05) is 5.32 Å². The summed E-state index contributed by atoms with van der Waals surface area (Å²) in [6.07, 6.45) is 0. The van der Waals surface area contributed by atoms with Gasteiger partial charge in [0, 0.05) is 24.1 Å². The molecule has 3 N–H and O–H groups in total. The number of hydrogen-bond acceptors (Lipinski definition) is 5. The van der Waals surface area contributed by atoms with E-state index in [1.807, 2.05) is 36.4 Å². The lowest BCUT2D eigenvalue weighted by atomic mass is 10.1. The smallest absolute Gasteiger partial charge is 0.308 e. The van der Waals surface area contributed by atoms with Crippen molar-refractivity contribution in [2.45, 2.75) is 19.5 Å². The number of carbonyl (C=O) groups is 2. The molecule has 0 aromatic heterocycles. The van der Waals surface area contributed by atoms with Gasteiger partial charge in [-0.2, -0.15) is 0 Å². The zero-order valence-electron chi connectivity index (χ0n) is 16.1. The number of nitro groups is 1. The van der Waals surface area contributed by atoms with Crippen molar-refractivity contribution < 1.29 is 19.7 Å². The highest BCUT2D eigenvalue weighted by Crippen LogP contribution is 2.24. The number of nitrogens with zero attached hydrogens (tertiary/aromatic N) is 2. The topological polar surface area (TPSA) is 125 Å². The summed E-state index contributed by atoms with van der Waals surface area (Å²) < 4.78 is 0. The maximum absolute atomic E-state index is 13.0. The second-order valence-electron chi connectivity index (χ2n) is 6.66. The lowest BCUT2D eigenvalue weighted by Gasteiger charge is -2.28. The van der Waals surface area contributed by atoms with Gasteiger partial charge in [-0.1, -0.05) is 48.5 Å². The second kappa shape index (κ2) is 9.01. The van der Waals surface area contributed by atoms with Gasteiger partial charge in [0.1, 0.15) is 6.04 Å². The van der Waals surface area contributed by atoms with Crippen molar-refractivity contribution in [1.29, 1.82) is 0 Å². The number of rotatable bonds is 6. The number of amides is 3. The zero-order chi connectivity index (χ0) is 21.7. The highest BCUT2D eigenvalue weighted by atomic mass is 16.6. The molecule has 1 unspecified atom stereocenters. The molecule has 0 heterocycles. The van der Waals surface area contributed by atoms with Crippen molar-refractivity contribution in [1.82, 2.24) is 10.4 Å². The number of hydrogen-bond donors (Lipinski definition) is 3. The standard InChI is InChI=1S/C21H20N4O5/c1-14(20(26)23-28)24(13-15-9-11-17(12-10-15)25(29)30)21(27)22-19-8-4-6-16-5-2-3-7-18(16)19/h2-12,14,28H,13H2,1H3,(H,22,27)(H,23,26). The van der Waals surface area contributed by atoms with E-state index >= 15 is 0 Å². The van der Waals surface area contributed by atoms with Gasteiger partial charge in [-0.25, -0.2) is 10.3 Å². The molecule has 3 aromatic rings. The fourth-order valence-corrected chi connectivity index (χ4v) is 3.06. The van der Waals surface area contributed by atoms with Crippen LogP contribution in [0.4, 0.5) is 16.2 Å². The first-order valence-electron chi connectivity index (χ1n) is 9.13. The molecule has 3 aromatic carbocycles. The van der Waals surface area contributed by atoms with Crippen molar-refractivity contribution in [3.8, 4) is 0 Å². The quantitative estimate of drug-likeness (QED) is 0.326. The molecule has 1 atom stereocenters. The van der Waals surface area contributed by atoms with Crippen LogP contribution in [0.2, 0.25) is 0 Å². The average molecular weight is 408 g/mol. The minimum absolute atomic E-state index is 0.00316. The first kappa shape index (κ1) is 20.7. The number of benzene rings is 3. The molecule has 0 aliphatic carbocycles. The molecule has 0 saturated carbocycles. The molecule has 0 fully saturated rings. The lowest BCUT2D eigenvalue weighted by molar-refractivity contribution is -0.384. The maximum atomic E-state index is 13.0. The van der Waals surface area contributed by atoms with Gasteiger partial charge in [-0.15, -0.1) is 0 Å². The Morgan fingerprint density at radius 1 is 1.07 bits per heavy atom. The minimum Gasteiger partial charge on any atom is -0.308 e. The third-order valence-electron chi connectivity index (χ3n) is 4.75. The predicted octanol–water partition coefficient (Wildman–Crippen LogP) is 3.68. The first-order valence-corrected chi connectivity index (χ1v) is 9.13. The molecule has 0 bridgehead atoms. The first-order chi connectivity index (χ1) is 14.4. The largest absolute Gasteiger partial charge is 0.322 e. The van der Waals surface area contributed by atoms with E-state index in [-0.39, 0.29) is 12.2 Å². The maximum Gasteiger partial charge on any atom is 0.322 e. The Bertz CT molecular complexity index is 1080. The van der Waals surface area contributed by atoms with Crippen LogP contribution in [0.15, 0.2) is 66.7 Å². The Kier molecular flexibility index (Phi) is 6.23. The summed E-state index contributed by atoms with van der Waals surface area (Å²) in [5.41, 5.74) is 2.64. The molecule has 0 spiro atoms. The van der Waals surface area contributed by atoms with Gasteiger partial charge in [-0.05, 0) is 23.9 Å². The van der Waals surface area contributed by atoms with Crippen LogP contribution in [-0.4, -0.2) is 33.0 Å². The Balaban J connectivity index is 1.88. The van der Waals surface area contributed by atoms with Crippen molar-refractivity contribution >= 4 is 34.1 Å². The van der Waals surface area contributed by atoms with E-state index in [1.54, 1.807) is 11.5 Å². The number of carbonyl (C=O) groups excluding carboxylic acids is 2. The summed E-state index contributed by atoms with van der Waals surface area (Å²) in [6.45, 7) is 1.48. The average Bonchev–Trinajstić information content (AvgIpc) is 2.77. The number of fused-ring (bicyclic) bond motifs is 1. The van der Waals surface area contributed by atoms with Crippen molar-refractivity contribution in [3.63, 3.8) is 0 Å². The number of non-ortho nitro benzene ring substituents is 1. The Morgan fingerprint density at radius 2 is 1.73 bits per heavy atom. The molecule has 0 aliphatic rings. The second-order valence-corrected chi connectivity index (χ2v) is 6.66. The van der Waals surface area contributed by atoms with Crippen LogP contribution in [-0.2, 0) is 11.3 Å². The van der Waals surface area contributed by atoms with Gasteiger partial charge < -0.3 is 10.2 Å². The molecule has 9 nitrogen and oxygen atoms in total. The Labute approximate surface area is 172 Å². The molecule has 0 aliphatic heterocycles. The van der Waals surface area contributed by atoms with E-state index in [2.05, 4.69) is 5.32 Å². The summed E-state index contributed by atoms with van der Waals surface area (Å²) in [7, 11) is 0. The summed E-state index contributed by atoms with van der Waals surface area (Å²) in [4.78, 5) is 36.6. The van der Waals surface area contributed by atoms with Crippen LogP contribution < -0.4 is 10.8 Å². The summed E-state index contributed by atoms with van der Waals surface area (Å²) in [6, 6.07) is 17.1. The van der Waals surface area contributed by atoms with Gasteiger partial charge >= 0.3 is 6.03 Å². The SMILES string of the molecule is CC(C(=O)NO)N(Cc1ccc([N+](=O)[O-])cc1)C(=O)Nc1cccc2ccccc12. The van der Waals surface area contributed by atoms with Crippen molar-refractivity contribution in [2.24, 2.45) is 0 Å². The van der Waals surface area contributed by atoms with Crippen LogP contribution in [0.3, 0.4) is 0 Å². The fraction of sp³-hybridized carbons (Fsp3) is 0.143. The summed E-state index contributed by atoms with van der Waals surface area (Å²) in [5.74, 6) is -0.759. The Morgan fingerprint density at radius 3 is 2.40 bits per heavy atom. The third kappa shape index (κ3) is 4.53. The number of anilines is 1. The normalized spacial score (nSPS) is 11.5. The van der Waals surface area contributed by atoms with Crippen LogP contribution >= 0.6 is 0 Å². The number of urea groups is 1. The van der Waals surface area contributed by atoms with E-state index < -0.39 is 22.9 Å². The van der Waals surface area contributed by atoms with Crippen LogP contribution in [0.5, 0.6) is 0 Å². The number of nitrogens with one attached hydrogen (secondary N) is 2. The van der Waals surface area contributed by atoms with Gasteiger partial charge in [0.05, 0.1) is 10.6 Å². The molecule has 3 amide bonds. The van der Waals surface area contributed by atoms with Crippen LogP contribution in [0.25, 0.3) is 10.8 Å². The lowest BCUT2D eigenvalue weighted by Crippen LogP contribution is -2.48. The summed E-state index contributed by atoms with van der Waals surface area (Å²) in [5, 5.41) is 24.4. The van der Waals surface area contributed by atoms with Gasteiger partial charge in [0.25, 0.3) is 11.6 Å². The molecule has 3 rings (SSSR count). The van der Waals surface area contributed by atoms with Crippen molar-refractivity contribution in [3.05, 3.63) is 82.4 Å². The number of nitro benzene ring substituents is 1. The highest BCUT2D eigenvalue weighted by Gasteiger charge is 2.26. The molecular formula is C21H20N4O5. The molecule has 0 radical (unpaired) electrons. The molecular weight excluding hydrogens is 388 g/mol. The third-order valence-corrected chi connectivity index (χ3v) is 4.75. The fourth-order valence-electron chi connectivity index (χ4n) is 3.06. The van der Waals surface area contributed by atoms with Crippen LogP contribution in [0, 0.1) is 10.1 Å². The van der Waals surface area contributed by atoms with Gasteiger partial charge in [0.2, 0.25) is 0 Å². The van der Waals surface area contributed by atoms with E-state index in [4.69, 9.17) is 5.21 Å². The van der Waals surface area contributed by atoms with Crippen LogP contribution in [0.1, 0.15) is 12.5 Å². The number of hydroxylamine groups is 1. The minimum atomic E-state index is -1.000. The van der Waals surface area contributed by atoms with E-state index in [0.29, 0.717) is 11.3 Å². The van der Waals surface area contributed by atoms with E-state index in [9.17, 15) is 19.7 Å². The predicted molar refractivity (Wildman–Crippen MR) is 111 cm³/mol.